The molecule has 0 saturated carbocycles. The van der Waals surface area contributed by atoms with Crippen LogP contribution in [0.4, 0.5) is 0 Å². The normalized spacial score (nSPS) is 19.0. The summed E-state index contributed by atoms with van der Waals surface area (Å²) in [4.78, 5) is 22.6. The third-order valence-corrected chi connectivity index (χ3v) is 3.63. The van der Waals surface area contributed by atoms with E-state index in [9.17, 15) is 4.79 Å². The van der Waals surface area contributed by atoms with Gasteiger partial charge in [-0.05, 0) is 18.9 Å². The van der Waals surface area contributed by atoms with Gasteiger partial charge in [0.15, 0.2) is 0 Å². The smallest absolute Gasteiger partial charge is 0.244 e. The Morgan fingerprint density at radius 1 is 1.35 bits per heavy atom. The maximum absolute atomic E-state index is 12.3. The minimum Gasteiger partial charge on any atom is -0.340 e. The Labute approximate surface area is 117 Å². The molecule has 2 aromatic rings. The summed E-state index contributed by atoms with van der Waals surface area (Å²) in [6, 6.07) is 1.83. The molecule has 0 radical (unpaired) electrons. The molecule has 1 amide bonds. The van der Waals surface area contributed by atoms with Crippen LogP contribution < -0.4 is 0 Å². The number of hydrogen-bond acceptors (Lipinski definition) is 4. The topological polar surface area (TPSA) is 63.9 Å². The second-order valence-corrected chi connectivity index (χ2v) is 5.01. The first-order valence-electron chi connectivity index (χ1n) is 6.84. The third kappa shape index (κ3) is 2.84. The van der Waals surface area contributed by atoms with Gasteiger partial charge in [-0.25, -0.2) is 0 Å². The number of nitrogens with zero attached hydrogens (tertiary/aromatic N) is 5. The van der Waals surface area contributed by atoms with E-state index in [0.29, 0.717) is 12.5 Å². The number of piperidine rings is 1. The number of likely N-dealkylation sites (tertiary alicyclic amines) is 1. The highest BCUT2D eigenvalue weighted by Crippen LogP contribution is 2.24. The summed E-state index contributed by atoms with van der Waals surface area (Å²) in [6.45, 7) is 1.84. The highest BCUT2D eigenvalue weighted by Gasteiger charge is 2.25. The quantitative estimate of drug-likeness (QED) is 0.838. The molecule has 1 fully saturated rings. The maximum atomic E-state index is 12.3. The van der Waals surface area contributed by atoms with Crippen molar-refractivity contribution in [3.8, 4) is 0 Å². The molecule has 1 aliphatic rings. The molecule has 104 valence electrons. The van der Waals surface area contributed by atoms with Crippen LogP contribution in [-0.2, 0) is 11.3 Å². The van der Waals surface area contributed by atoms with Crippen molar-refractivity contribution in [1.29, 1.82) is 0 Å². The Hall–Kier alpha value is -2.24. The first kappa shape index (κ1) is 12.8. The lowest BCUT2D eigenvalue weighted by atomic mass is 9.95. The van der Waals surface area contributed by atoms with E-state index in [1.807, 2.05) is 17.2 Å². The average molecular weight is 271 g/mol. The van der Waals surface area contributed by atoms with E-state index in [1.165, 1.54) is 0 Å². The highest BCUT2D eigenvalue weighted by atomic mass is 16.2. The summed E-state index contributed by atoms with van der Waals surface area (Å²) in [7, 11) is 0. The summed E-state index contributed by atoms with van der Waals surface area (Å²) < 4.78 is 1.66. The van der Waals surface area contributed by atoms with Gasteiger partial charge in [-0.3, -0.25) is 19.4 Å². The number of carbonyl (C=O) groups excluding carboxylic acids is 1. The van der Waals surface area contributed by atoms with Gasteiger partial charge in [0, 0.05) is 50.0 Å². The zero-order valence-corrected chi connectivity index (χ0v) is 11.2. The van der Waals surface area contributed by atoms with Crippen LogP contribution >= 0.6 is 0 Å². The molecule has 1 atom stereocenters. The fraction of sp³-hybridized carbons (Fsp3) is 0.429. The van der Waals surface area contributed by atoms with Gasteiger partial charge in [0.05, 0.1) is 5.69 Å². The summed E-state index contributed by atoms with van der Waals surface area (Å²) in [6.07, 6.45) is 10.7. The molecule has 0 bridgehead atoms. The Morgan fingerprint density at radius 2 is 2.30 bits per heavy atom. The minimum atomic E-state index is 0.113. The van der Waals surface area contributed by atoms with Crippen LogP contribution in [-0.4, -0.2) is 43.6 Å². The van der Waals surface area contributed by atoms with Crippen molar-refractivity contribution in [2.24, 2.45) is 0 Å². The third-order valence-electron chi connectivity index (χ3n) is 3.63. The van der Waals surface area contributed by atoms with Gasteiger partial charge >= 0.3 is 0 Å². The molecule has 1 unspecified atom stereocenters. The van der Waals surface area contributed by atoms with Gasteiger partial charge in [0.25, 0.3) is 0 Å². The van der Waals surface area contributed by atoms with Crippen LogP contribution in [0.15, 0.2) is 37.1 Å². The summed E-state index contributed by atoms with van der Waals surface area (Å²) in [5, 5.41) is 4.08. The lowest BCUT2D eigenvalue weighted by Gasteiger charge is -2.32. The van der Waals surface area contributed by atoms with Crippen molar-refractivity contribution in [1.82, 2.24) is 24.6 Å². The van der Waals surface area contributed by atoms with Crippen LogP contribution in [0, 0.1) is 0 Å². The first-order valence-corrected chi connectivity index (χ1v) is 6.84. The molecule has 6 nitrogen and oxygen atoms in total. The Morgan fingerprint density at radius 3 is 3.05 bits per heavy atom. The lowest BCUT2D eigenvalue weighted by molar-refractivity contribution is -0.133. The van der Waals surface area contributed by atoms with Crippen LogP contribution in [0.5, 0.6) is 0 Å². The van der Waals surface area contributed by atoms with Crippen LogP contribution in [0.2, 0.25) is 0 Å². The monoisotopic (exact) mass is 271 g/mol. The molecular weight excluding hydrogens is 254 g/mol. The molecule has 1 aliphatic heterocycles. The molecule has 0 aliphatic carbocycles. The molecule has 3 rings (SSSR count). The Kier molecular flexibility index (Phi) is 3.71. The van der Waals surface area contributed by atoms with Gasteiger partial charge in [-0.2, -0.15) is 5.10 Å². The Balaban J connectivity index is 1.64. The van der Waals surface area contributed by atoms with Crippen LogP contribution in [0.1, 0.15) is 24.5 Å². The van der Waals surface area contributed by atoms with Crippen molar-refractivity contribution in [3.05, 3.63) is 42.7 Å². The molecule has 0 N–H and O–H groups in total. The number of hydrogen-bond donors (Lipinski definition) is 0. The SMILES string of the molecule is O=C(Cn1cccn1)N1CCCC(c2cnccn2)C1. The lowest BCUT2D eigenvalue weighted by Crippen LogP contribution is -2.41. The van der Waals surface area contributed by atoms with Gasteiger partial charge in [-0.1, -0.05) is 0 Å². The van der Waals surface area contributed by atoms with Crippen molar-refractivity contribution in [2.45, 2.75) is 25.3 Å². The van der Waals surface area contributed by atoms with E-state index in [0.717, 1.165) is 31.6 Å². The highest BCUT2D eigenvalue weighted by molar-refractivity contribution is 5.76. The van der Waals surface area contributed by atoms with Crippen molar-refractivity contribution in [2.75, 3.05) is 13.1 Å². The average Bonchev–Trinajstić information content (AvgIpc) is 3.01. The Bertz CT molecular complexity index is 554. The van der Waals surface area contributed by atoms with E-state index in [2.05, 4.69) is 15.1 Å². The summed E-state index contributed by atoms with van der Waals surface area (Å²) in [5.41, 5.74) is 0.976. The molecule has 2 aromatic heterocycles. The summed E-state index contributed by atoms with van der Waals surface area (Å²) >= 11 is 0. The van der Waals surface area contributed by atoms with Gasteiger partial charge in [0.2, 0.25) is 5.91 Å². The standard InChI is InChI=1S/C14H17N5O/c20-14(11-19-8-2-4-17-19)18-7-1-3-12(10-18)13-9-15-5-6-16-13/h2,4-6,8-9,12H,1,3,7,10-11H2. The molecule has 3 heterocycles. The minimum absolute atomic E-state index is 0.113. The zero-order chi connectivity index (χ0) is 13.8. The number of rotatable bonds is 3. The molecule has 1 saturated heterocycles. The predicted molar refractivity (Wildman–Crippen MR) is 72.8 cm³/mol. The predicted octanol–water partition coefficient (Wildman–Crippen LogP) is 1.08. The maximum Gasteiger partial charge on any atom is 0.244 e. The van der Waals surface area contributed by atoms with E-state index in [-0.39, 0.29) is 5.91 Å². The first-order chi connectivity index (χ1) is 9.83. The molecule has 0 spiro atoms. The van der Waals surface area contributed by atoms with Crippen molar-refractivity contribution >= 4 is 5.91 Å². The van der Waals surface area contributed by atoms with Crippen molar-refractivity contribution < 1.29 is 4.79 Å². The molecule has 20 heavy (non-hydrogen) atoms. The van der Waals surface area contributed by atoms with E-state index < -0.39 is 0 Å². The number of aromatic nitrogens is 4. The van der Waals surface area contributed by atoms with Crippen LogP contribution in [0.25, 0.3) is 0 Å². The second kappa shape index (κ2) is 5.81. The molecule has 0 aromatic carbocycles. The van der Waals surface area contributed by atoms with Crippen molar-refractivity contribution in [3.63, 3.8) is 0 Å². The van der Waals surface area contributed by atoms with E-state index in [1.54, 1.807) is 29.5 Å². The molecular formula is C14H17N5O. The number of amides is 1. The van der Waals surface area contributed by atoms with E-state index in [4.69, 9.17) is 0 Å². The number of carbonyl (C=O) groups is 1. The van der Waals surface area contributed by atoms with Gasteiger partial charge in [0.1, 0.15) is 6.54 Å². The fourth-order valence-corrected chi connectivity index (χ4v) is 2.60. The summed E-state index contributed by atoms with van der Waals surface area (Å²) in [5.74, 6) is 0.404. The van der Waals surface area contributed by atoms with E-state index >= 15 is 0 Å². The van der Waals surface area contributed by atoms with Crippen LogP contribution in [0.3, 0.4) is 0 Å². The fourth-order valence-electron chi connectivity index (χ4n) is 2.60. The van der Waals surface area contributed by atoms with Gasteiger partial charge < -0.3 is 4.90 Å². The zero-order valence-electron chi connectivity index (χ0n) is 11.2. The second-order valence-electron chi connectivity index (χ2n) is 5.01. The van der Waals surface area contributed by atoms with Gasteiger partial charge in [-0.15, -0.1) is 0 Å². The molecule has 6 heteroatoms. The largest absolute Gasteiger partial charge is 0.340 e.